The minimum absolute atomic E-state index is 0.473. The average molecular weight is 150 g/mol. The Balaban J connectivity index is 1.93. The Morgan fingerprint density at radius 2 is 1.82 bits per heavy atom. The van der Waals surface area contributed by atoms with Gasteiger partial charge in [-0.2, -0.15) is 0 Å². The molecule has 0 saturated heterocycles. The SMILES string of the molecule is CC(=O)C1C2CC3CC1C3C2. The maximum atomic E-state index is 11.3. The third-order valence-electron chi connectivity index (χ3n) is 4.35. The standard InChI is InChI=1S/C10H14O/c1-5(11)10-7-2-6-3-9(10)8(6)4-7/h6-10H,2-4H2,1H3. The van der Waals surface area contributed by atoms with Crippen LogP contribution in [0.15, 0.2) is 0 Å². The molecule has 0 amide bonds. The lowest BCUT2D eigenvalue weighted by atomic mass is 9.59. The highest BCUT2D eigenvalue weighted by Gasteiger charge is 2.60. The second-order valence-corrected chi connectivity index (χ2v) is 4.69. The van der Waals surface area contributed by atoms with Gasteiger partial charge >= 0.3 is 0 Å². The largest absolute Gasteiger partial charge is 0.300 e. The van der Waals surface area contributed by atoms with Crippen LogP contribution < -0.4 is 0 Å². The van der Waals surface area contributed by atoms with Crippen molar-refractivity contribution in [2.45, 2.75) is 26.2 Å². The number of carbonyl (C=O) groups excluding carboxylic acids is 1. The van der Waals surface area contributed by atoms with Crippen molar-refractivity contribution in [3.63, 3.8) is 0 Å². The smallest absolute Gasteiger partial charge is 0.133 e. The highest BCUT2D eigenvalue weighted by molar-refractivity contribution is 5.80. The summed E-state index contributed by atoms with van der Waals surface area (Å²) in [6.07, 6.45) is 4.15. The summed E-state index contributed by atoms with van der Waals surface area (Å²) >= 11 is 0. The topological polar surface area (TPSA) is 17.1 Å². The zero-order valence-corrected chi connectivity index (χ0v) is 6.92. The molecule has 3 rings (SSSR count). The summed E-state index contributed by atoms with van der Waals surface area (Å²) < 4.78 is 0. The highest BCUT2D eigenvalue weighted by Crippen LogP contribution is 2.66. The van der Waals surface area contributed by atoms with E-state index in [2.05, 4.69) is 0 Å². The van der Waals surface area contributed by atoms with E-state index >= 15 is 0 Å². The van der Waals surface area contributed by atoms with Gasteiger partial charge in [0.25, 0.3) is 0 Å². The Kier molecular flexibility index (Phi) is 0.961. The Bertz CT molecular complexity index is 217. The minimum Gasteiger partial charge on any atom is -0.300 e. The van der Waals surface area contributed by atoms with Crippen molar-refractivity contribution in [3.05, 3.63) is 0 Å². The number of hydrogen-bond acceptors (Lipinski definition) is 1. The first-order valence-electron chi connectivity index (χ1n) is 4.78. The van der Waals surface area contributed by atoms with E-state index in [0.717, 1.165) is 23.7 Å². The van der Waals surface area contributed by atoms with Crippen LogP contribution >= 0.6 is 0 Å². The summed E-state index contributed by atoms with van der Waals surface area (Å²) in [5.41, 5.74) is 0. The maximum Gasteiger partial charge on any atom is 0.133 e. The molecule has 3 saturated carbocycles. The molecule has 1 nitrogen and oxygen atoms in total. The fourth-order valence-electron chi connectivity index (χ4n) is 4.01. The van der Waals surface area contributed by atoms with Crippen molar-refractivity contribution in [2.24, 2.45) is 29.6 Å². The molecule has 0 spiro atoms. The first-order chi connectivity index (χ1) is 5.27. The molecule has 60 valence electrons. The number of hydrogen-bond donors (Lipinski definition) is 0. The van der Waals surface area contributed by atoms with Crippen molar-refractivity contribution in [3.8, 4) is 0 Å². The van der Waals surface area contributed by atoms with E-state index in [0.29, 0.717) is 11.7 Å². The van der Waals surface area contributed by atoms with Gasteiger partial charge in [-0.1, -0.05) is 0 Å². The lowest BCUT2D eigenvalue weighted by Gasteiger charge is -2.45. The van der Waals surface area contributed by atoms with Gasteiger partial charge in [0.2, 0.25) is 0 Å². The molecule has 5 atom stereocenters. The second-order valence-electron chi connectivity index (χ2n) is 4.69. The number of rotatable bonds is 1. The molecule has 3 aliphatic carbocycles. The molecule has 1 heteroatoms. The van der Waals surface area contributed by atoms with E-state index in [9.17, 15) is 4.79 Å². The van der Waals surface area contributed by atoms with Gasteiger partial charge in [0.1, 0.15) is 5.78 Å². The van der Waals surface area contributed by atoms with Crippen molar-refractivity contribution < 1.29 is 4.79 Å². The van der Waals surface area contributed by atoms with Crippen LogP contribution in [-0.4, -0.2) is 5.78 Å². The Morgan fingerprint density at radius 1 is 1.09 bits per heavy atom. The normalized spacial score (nSPS) is 57.7. The molecular weight excluding hydrogens is 136 g/mol. The predicted molar refractivity (Wildman–Crippen MR) is 42.0 cm³/mol. The zero-order valence-electron chi connectivity index (χ0n) is 6.92. The molecule has 0 aromatic heterocycles. The Morgan fingerprint density at radius 3 is 2.18 bits per heavy atom. The van der Waals surface area contributed by atoms with E-state index in [-0.39, 0.29) is 0 Å². The van der Waals surface area contributed by atoms with Gasteiger partial charge in [-0.3, -0.25) is 4.79 Å². The summed E-state index contributed by atoms with van der Waals surface area (Å²) in [6.45, 7) is 1.79. The fourth-order valence-corrected chi connectivity index (χ4v) is 4.01. The quantitative estimate of drug-likeness (QED) is 0.557. The molecular formula is C10H14O. The zero-order chi connectivity index (χ0) is 7.59. The first kappa shape index (κ1) is 6.22. The molecule has 11 heavy (non-hydrogen) atoms. The molecule has 3 fully saturated rings. The van der Waals surface area contributed by atoms with Gasteiger partial charge in [0, 0.05) is 5.92 Å². The number of carbonyl (C=O) groups is 1. The third-order valence-corrected chi connectivity index (χ3v) is 4.35. The van der Waals surface area contributed by atoms with E-state index in [4.69, 9.17) is 0 Å². The molecule has 2 bridgehead atoms. The number of fused-ring (bicyclic) bond motifs is 1. The van der Waals surface area contributed by atoms with Crippen LogP contribution in [0.4, 0.5) is 0 Å². The monoisotopic (exact) mass is 150 g/mol. The van der Waals surface area contributed by atoms with E-state index < -0.39 is 0 Å². The predicted octanol–water partition coefficient (Wildman–Crippen LogP) is 1.87. The summed E-state index contributed by atoms with van der Waals surface area (Å²) in [4.78, 5) is 11.3. The highest BCUT2D eigenvalue weighted by atomic mass is 16.1. The molecule has 5 unspecified atom stereocenters. The van der Waals surface area contributed by atoms with Crippen LogP contribution in [0.3, 0.4) is 0 Å². The molecule has 0 radical (unpaired) electrons. The summed E-state index contributed by atoms with van der Waals surface area (Å²) in [6, 6.07) is 0. The molecule has 0 N–H and O–H groups in total. The molecule has 0 heterocycles. The second kappa shape index (κ2) is 1.70. The molecule has 3 aliphatic rings. The fraction of sp³-hybridized carbons (Fsp3) is 0.900. The van der Waals surface area contributed by atoms with Crippen LogP contribution in [-0.2, 0) is 4.79 Å². The Labute approximate surface area is 67.2 Å². The van der Waals surface area contributed by atoms with Gasteiger partial charge < -0.3 is 0 Å². The average Bonchev–Trinajstić information content (AvgIpc) is 2.40. The number of Topliss-reactive ketones (excluding diaryl/α,β-unsaturated/α-hetero) is 1. The minimum atomic E-state index is 0.473. The van der Waals surface area contributed by atoms with Crippen LogP contribution in [0.5, 0.6) is 0 Å². The van der Waals surface area contributed by atoms with Crippen LogP contribution in [0, 0.1) is 29.6 Å². The summed E-state index contributed by atoms with van der Waals surface area (Å²) in [7, 11) is 0. The molecule has 0 aliphatic heterocycles. The lowest BCUT2D eigenvalue weighted by molar-refractivity contribution is -0.128. The molecule has 0 aromatic carbocycles. The van der Waals surface area contributed by atoms with E-state index in [1.807, 2.05) is 0 Å². The van der Waals surface area contributed by atoms with Crippen molar-refractivity contribution >= 4 is 5.78 Å². The van der Waals surface area contributed by atoms with Crippen molar-refractivity contribution in [1.82, 2.24) is 0 Å². The van der Waals surface area contributed by atoms with Gasteiger partial charge in [0.15, 0.2) is 0 Å². The van der Waals surface area contributed by atoms with E-state index in [1.165, 1.54) is 19.3 Å². The van der Waals surface area contributed by atoms with Crippen molar-refractivity contribution in [2.75, 3.05) is 0 Å². The van der Waals surface area contributed by atoms with Crippen LogP contribution in [0.2, 0.25) is 0 Å². The van der Waals surface area contributed by atoms with Gasteiger partial charge in [-0.25, -0.2) is 0 Å². The van der Waals surface area contributed by atoms with Gasteiger partial charge in [0.05, 0.1) is 0 Å². The van der Waals surface area contributed by atoms with Gasteiger partial charge in [-0.15, -0.1) is 0 Å². The number of ketones is 1. The van der Waals surface area contributed by atoms with Gasteiger partial charge in [-0.05, 0) is 49.9 Å². The van der Waals surface area contributed by atoms with Crippen LogP contribution in [0.1, 0.15) is 26.2 Å². The summed E-state index contributed by atoms with van der Waals surface area (Å²) in [5, 5.41) is 0. The maximum absolute atomic E-state index is 11.3. The first-order valence-corrected chi connectivity index (χ1v) is 4.78. The lowest BCUT2D eigenvalue weighted by Crippen LogP contribution is -2.42. The van der Waals surface area contributed by atoms with Crippen molar-refractivity contribution in [1.29, 1.82) is 0 Å². The summed E-state index contributed by atoms with van der Waals surface area (Å²) in [5.74, 6) is 4.62. The third kappa shape index (κ3) is 0.567. The van der Waals surface area contributed by atoms with Crippen LogP contribution in [0.25, 0.3) is 0 Å². The molecule has 0 aromatic rings. The van der Waals surface area contributed by atoms with E-state index in [1.54, 1.807) is 6.92 Å². The Hall–Kier alpha value is -0.330.